The number of carbonyl (C=O) groups excluding carboxylic acids is 1. The van der Waals surface area contributed by atoms with E-state index in [-0.39, 0.29) is 11.7 Å². The molecule has 1 aromatic carbocycles. The molecule has 4 heteroatoms. The van der Waals surface area contributed by atoms with Gasteiger partial charge in [-0.3, -0.25) is 4.79 Å². The predicted molar refractivity (Wildman–Crippen MR) is 70.6 cm³/mol. The molecule has 1 aliphatic carbocycles. The third-order valence-electron chi connectivity index (χ3n) is 3.23. The molecule has 1 aliphatic rings. The van der Waals surface area contributed by atoms with Crippen LogP contribution in [-0.4, -0.2) is 35.0 Å². The van der Waals surface area contributed by atoms with Crippen molar-refractivity contribution in [2.75, 3.05) is 13.1 Å². The van der Waals surface area contributed by atoms with Crippen molar-refractivity contribution < 1.29 is 9.90 Å². The van der Waals surface area contributed by atoms with Crippen LogP contribution in [0.4, 0.5) is 0 Å². The van der Waals surface area contributed by atoms with E-state index < -0.39 is 0 Å². The van der Waals surface area contributed by atoms with Crippen molar-refractivity contribution in [2.45, 2.75) is 32.2 Å². The van der Waals surface area contributed by atoms with E-state index >= 15 is 0 Å². The standard InChI is InChI=1S/C14H20N2O2/c1-10-3-6-13(17)12(9-10)14(18)16(8-2-7-15)11-4-5-11/h3,6,9,11,17H,2,4-5,7-8,15H2,1H3. The zero-order valence-corrected chi connectivity index (χ0v) is 10.7. The molecule has 98 valence electrons. The molecule has 18 heavy (non-hydrogen) atoms. The van der Waals surface area contributed by atoms with Gasteiger partial charge in [-0.05, 0) is 44.9 Å². The van der Waals surface area contributed by atoms with E-state index in [1.165, 1.54) is 0 Å². The average molecular weight is 248 g/mol. The largest absolute Gasteiger partial charge is 0.507 e. The Morgan fingerprint density at radius 3 is 2.83 bits per heavy atom. The summed E-state index contributed by atoms with van der Waals surface area (Å²) >= 11 is 0. The topological polar surface area (TPSA) is 66.6 Å². The maximum atomic E-state index is 12.4. The molecule has 0 unspecified atom stereocenters. The Hall–Kier alpha value is -1.55. The van der Waals surface area contributed by atoms with E-state index in [0.29, 0.717) is 24.7 Å². The molecule has 4 nitrogen and oxygen atoms in total. The van der Waals surface area contributed by atoms with Crippen LogP contribution in [0.1, 0.15) is 35.2 Å². The summed E-state index contributed by atoms with van der Waals surface area (Å²) in [5.41, 5.74) is 6.88. The predicted octanol–water partition coefficient (Wildman–Crippen LogP) is 1.65. The summed E-state index contributed by atoms with van der Waals surface area (Å²) in [4.78, 5) is 14.3. The quantitative estimate of drug-likeness (QED) is 0.832. The molecule has 2 rings (SSSR count). The first kappa shape index (κ1) is 12.9. The lowest BCUT2D eigenvalue weighted by Crippen LogP contribution is -2.35. The number of rotatable bonds is 5. The number of aryl methyl sites for hydroxylation is 1. The number of aromatic hydroxyl groups is 1. The summed E-state index contributed by atoms with van der Waals surface area (Å²) in [6, 6.07) is 5.46. The van der Waals surface area contributed by atoms with Gasteiger partial charge in [0.1, 0.15) is 5.75 Å². The van der Waals surface area contributed by atoms with Crippen LogP contribution in [0.25, 0.3) is 0 Å². The van der Waals surface area contributed by atoms with Crippen LogP contribution in [-0.2, 0) is 0 Å². The lowest BCUT2D eigenvalue weighted by atomic mass is 10.1. The van der Waals surface area contributed by atoms with E-state index in [4.69, 9.17) is 5.73 Å². The minimum absolute atomic E-state index is 0.0593. The molecule has 1 amide bonds. The Morgan fingerprint density at radius 1 is 1.50 bits per heavy atom. The number of carbonyl (C=O) groups is 1. The van der Waals surface area contributed by atoms with Gasteiger partial charge in [0, 0.05) is 12.6 Å². The monoisotopic (exact) mass is 248 g/mol. The van der Waals surface area contributed by atoms with Gasteiger partial charge in [0.15, 0.2) is 0 Å². The van der Waals surface area contributed by atoms with Gasteiger partial charge in [0.25, 0.3) is 5.91 Å². The van der Waals surface area contributed by atoms with Gasteiger partial charge in [-0.1, -0.05) is 11.6 Å². The van der Waals surface area contributed by atoms with Crippen LogP contribution in [0.5, 0.6) is 5.75 Å². The van der Waals surface area contributed by atoms with Crippen molar-refractivity contribution in [3.8, 4) is 5.75 Å². The maximum Gasteiger partial charge on any atom is 0.257 e. The highest BCUT2D eigenvalue weighted by Crippen LogP contribution is 2.30. The van der Waals surface area contributed by atoms with Crippen LogP contribution >= 0.6 is 0 Å². The molecule has 1 saturated carbocycles. The van der Waals surface area contributed by atoms with Gasteiger partial charge in [0.2, 0.25) is 0 Å². The third kappa shape index (κ3) is 2.82. The third-order valence-corrected chi connectivity index (χ3v) is 3.23. The molecule has 1 aromatic rings. The van der Waals surface area contributed by atoms with Crippen molar-refractivity contribution in [3.05, 3.63) is 29.3 Å². The Kier molecular flexibility index (Phi) is 3.87. The van der Waals surface area contributed by atoms with Crippen molar-refractivity contribution in [1.29, 1.82) is 0 Å². The second-order valence-electron chi connectivity index (χ2n) is 4.89. The fourth-order valence-electron chi connectivity index (χ4n) is 2.07. The van der Waals surface area contributed by atoms with Gasteiger partial charge < -0.3 is 15.7 Å². The second kappa shape index (κ2) is 5.40. The zero-order valence-electron chi connectivity index (χ0n) is 10.7. The van der Waals surface area contributed by atoms with E-state index in [0.717, 1.165) is 24.8 Å². The highest BCUT2D eigenvalue weighted by Gasteiger charge is 2.33. The molecule has 1 fully saturated rings. The number of phenols is 1. The molecular weight excluding hydrogens is 228 g/mol. The van der Waals surface area contributed by atoms with E-state index in [9.17, 15) is 9.90 Å². The number of hydrogen-bond acceptors (Lipinski definition) is 3. The lowest BCUT2D eigenvalue weighted by molar-refractivity contribution is 0.0739. The van der Waals surface area contributed by atoms with E-state index in [2.05, 4.69) is 0 Å². The Morgan fingerprint density at radius 2 is 2.22 bits per heavy atom. The average Bonchev–Trinajstić information content (AvgIpc) is 3.17. The van der Waals surface area contributed by atoms with Crippen molar-refractivity contribution in [3.63, 3.8) is 0 Å². The number of nitrogens with two attached hydrogens (primary N) is 1. The fraction of sp³-hybridized carbons (Fsp3) is 0.500. The smallest absolute Gasteiger partial charge is 0.257 e. The van der Waals surface area contributed by atoms with Crippen LogP contribution in [0.3, 0.4) is 0 Å². The summed E-state index contributed by atoms with van der Waals surface area (Å²) in [5.74, 6) is -0.0175. The molecule has 0 heterocycles. The van der Waals surface area contributed by atoms with Crippen LogP contribution in [0.2, 0.25) is 0 Å². The molecule has 0 aromatic heterocycles. The van der Waals surface area contributed by atoms with Gasteiger partial charge in [0.05, 0.1) is 5.56 Å². The molecule has 3 N–H and O–H groups in total. The minimum atomic E-state index is -0.0767. The second-order valence-corrected chi connectivity index (χ2v) is 4.89. The van der Waals surface area contributed by atoms with Crippen LogP contribution in [0.15, 0.2) is 18.2 Å². The highest BCUT2D eigenvalue weighted by atomic mass is 16.3. The van der Waals surface area contributed by atoms with Crippen LogP contribution in [0, 0.1) is 6.92 Å². The fourth-order valence-corrected chi connectivity index (χ4v) is 2.07. The summed E-state index contributed by atoms with van der Waals surface area (Å²) in [6.07, 6.45) is 2.92. The first-order chi connectivity index (χ1) is 8.63. The van der Waals surface area contributed by atoms with Gasteiger partial charge in [-0.2, -0.15) is 0 Å². The van der Waals surface area contributed by atoms with Crippen molar-refractivity contribution >= 4 is 5.91 Å². The molecule has 0 atom stereocenters. The molecule has 0 radical (unpaired) electrons. The SMILES string of the molecule is Cc1ccc(O)c(C(=O)N(CCCN)C2CC2)c1. The number of nitrogens with zero attached hydrogens (tertiary/aromatic N) is 1. The molecule has 0 aliphatic heterocycles. The Balaban J connectivity index is 2.19. The highest BCUT2D eigenvalue weighted by molar-refractivity contribution is 5.97. The Labute approximate surface area is 107 Å². The molecule has 0 saturated heterocycles. The molecular formula is C14H20N2O2. The number of amides is 1. The summed E-state index contributed by atoms with van der Waals surface area (Å²) in [7, 11) is 0. The first-order valence-electron chi connectivity index (χ1n) is 6.44. The Bertz CT molecular complexity index is 441. The maximum absolute atomic E-state index is 12.4. The van der Waals surface area contributed by atoms with Crippen molar-refractivity contribution in [2.24, 2.45) is 5.73 Å². The van der Waals surface area contributed by atoms with Gasteiger partial charge in [-0.25, -0.2) is 0 Å². The van der Waals surface area contributed by atoms with Gasteiger partial charge in [-0.15, -0.1) is 0 Å². The first-order valence-corrected chi connectivity index (χ1v) is 6.44. The van der Waals surface area contributed by atoms with Crippen LogP contribution < -0.4 is 5.73 Å². The van der Waals surface area contributed by atoms with Crippen molar-refractivity contribution in [1.82, 2.24) is 4.90 Å². The van der Waals surface area contributed by atoms with Gasteiger partial charge >= 0.3 is 0 Å². The summed E-state index contributed by atoms with van der Waals surface area (Å²) < 4.78 is 0. The van der Waals surface area contributed by atoms with E-state index in [1.807, 2.05) is 11.8 Å². The summed E-state index contributed by atoms with van der Waals surface area (Å²) in [6.45, 7) is 3.17. The van der Waals surface area contributed by atoms with E-state index in [1.54, 1.807) is 18.2 Å². The number of hydrogen-bond donors (Lipinski definition) is 2. The number of benzene rings is 1. The molecule has 0 bridgehead atoms. The molecule has 0 spiro atoms. The normalized spacial score (nSPS) is 14.6. The lowest BCUT2D eigenvalue weighted by Gasteiger charge is -2.22. The summed E-state index contributed by atoms with van der Waals surface area (Å²) in [5, 5.41) is 9.81. The minimum Gasteiger partial charge on any atom is -0.507 e. The number of phenolic OH excluding ortho intramolecular Hbond substituents is 1. The zero-order chi connectivity index (χ0) is 13.1.